The van der Waals surface area contributed by atoms with E-state index in [0.717, 1.165) is 17.6 Å². The van der Waals surface area contributed by atoms with Crippen molar-refractivity contribution < 1.29 is 4.42 Å². The largest absolute Gasteiger partial charge is 0.443 e. The highest BCUT2D eigenvalue weighted by Gasteiger charge is 2.24. The third-order valence-corrected chi connectivity index (χ3v) is 3.75. The van der Waals surface area contributed by atoms with Gasteiger partial charge >= 0.3 is 0 Å². The van der Waals surface area contributed by atoms with E-state index in [2.05, 4.69) is 41.6 Å². The van der Waals surface area contributed by atoms with Gasteiger partial charge in [-0.15, -0.1) is 0 Å². The molecular weight excluding hydrogens is 238 g/mol. The Labute approximate surface area is 114 Å². The lowest BCUT2D eigenvalue weighted by atomic mass is 9.84. The minimum absolute atomic E-state index is 0.307. The molecule has 1 aromatic carbocycles. The molecule has 0 aliphatic rings. The summed E-state index contributed by atoms with van der Waals surface area (Å²) < 4.78 is 5.40. The van der Waals surface area contributed by atoms with Gasteiger partial charge in [-0.25, -0.2) is 4.98 Å². The van der Waals surface area contributed by atoms with Crippen LogP contribution < -0.4 is 10.6 Å². The van der Waals surface area contributed by atoms with Crippen molar-refractivity contribution in [1.82, 2.24) is 15.6 Å². The van der Waals surface area contributed by atoms with Crippen molar-refractivity contribution >= 4 is 11.1 Å². The van der Waals surface area contributed by atoms with E-state index in [1.165, 1.54) is 12.0 Å². The van der Waals surface area contributed by atoms with E-state index in [0.29, 0.717) is 17.9 Å². The number of hydrogen-bond acceptors (Lipinski definition) is 4. The van der Waals surface area contributed by atoms with E-state index in [1.54, 1.807) is 0 Å². The van der Waals surface area contributed by atoms with Crippen LogP contribution in [-0.4, -0.2) is 25.6 Å². The molecule has 1 heterocycles. The Morgan fingerprint density at radius 3 is 2.68 bits per heavy atom. The summed E-state index contributed by atoms with van der Waals surface area (Å²) >= 11 is 0. The summed E-state index contributed by atoms with van der Waals surface area (Å²) in [7, 11) is 4.02. The highest BCUT2D eigenvalue weighted by atomic mass is 16.3. The van der Waals surface area contributed by atoms with Crippen molar-refractivity contribution in [3.05, 3.63) is 30.2 Å². The second kappa shape index (κ2) is 6.17. The number of oxazole rings is 1. The van der Waals surface area contributed by atoms with Crippen molar-refractivity contribution in [2.45, 2.75) is 19.9 Å². The van der Waals surface area contributed by atoms with Gasteiger partial charge in [0.2, 0.25) is 0 Å². The summed E-state index contributed by atoms with van der Waals surface area (Å²) in [5.74, 6) is 1.12. The van der Waals surface area contributed by atoms with Crippen LogP contribution in [0.1, 0.15) is 25.5 Å². The molecule has 19 heavy (non-hydrogen) atoms. The van der Waals surface area contributed by atoms with E-state index in [9.17, 15) is 0 Å². The number of nitrogens with one attached hydrogen (secondary N) is 2. The van der Waals surface area contributed by atoms with E-state index >= 15 is 0 Å². The maximum absolute atomic E-state index is 5.40. The van der Waals surface area contributed by atoms with Crippen molar-refractivity contribution in [3.8, 4) is 0 Å². The SMILES string of the molecule is CNCC(C(C)C)C(NC)c1ccc2ncoc2c1. The summed E-state index contributed by atoms with van der Waals surface area (Å²) in [6.07, 6.45) is 1.50. The van der Waals surface area contributed by atoms with Gasteiger partial charge in [-0.1, -0.05) is 19.9 Å². The zero-order chi connectivity index (χ0) is 13.8. The summed E-state index contributed by atoms with van der Waals surface area (Å²) in [6, 6.07) is 6.56. The second-order valence-electron chi connectivity index (χ2n) is 5.31. The Balaban J connectivity index is 2.33. The fraction of sp³-hybridized carbons (Fsp3) is 0.533. The zero-order valence-corrected chi connectivity index (χ0v) is 12.1. The van der Waals surface area contributed by atoms with E-state index < -0.39 is 0 Å². The molecular formula is C15H23N3O. The molecule has 0 radical (unpaired) electrons. The molecule has 0 bridgehead atoms. The first kappa shape index (κ1) is 14.0. The fourth-order valence-electron chi connectivity index (χ4n) is 2.67. The first-order valence-corrected chi connectivity index (χ1v) is 6.82. The minimum atomic E-state index is 0.307. The van der Waals surface area contributed by atoms with Crippen LogP contribution in [0.3, 0.4) is 0 Å². The van der Waals surface area contributed by atoms with Crippen molar-refractivity contribution in [1.29, 1.82) is 0 Å². The molecule has 0 saturated carbocycles. The third-order valence-electron chi connectivity index (χ3n) is 3.75. The molecule has 4 heteroatoms. The second-order valence-corrected chi connectivity index (χ2v) is 5.31. The Hall–Kier alpha value is -1.39. The maximum Gasteiger partial charge on any atom is 0.181 e. The van der Waals surface area contributed by atoms with E-state index in [1.807, 2.05) is 20.2 Å². The fourth-order valence-corrected chi connectivity index (χ4v) is 2.67. The lowest BCUT2D eigenvalue weighted by molar-refractivity contribution is 0.284. The van der Waals surface area contributed by atoms with Crippen LogP contribution in [0, 0.1) is 11.8 Å². The number of hydrogen-bond donors (Lipinski definition) is 2. The molecule has 2 unspecified atom stereocenters. The standard InChI is InChI=1S/C15H23N3O/c1-10(2)12(8-16-3)15(17-4)11-5-6-13-14(7-11)19-9-18-13/h5-7,9-10,12,15-17H,8H2,1-4H3. The van der Waals surface area contributed by atoms with Gasteiger partial charge in [0, 0.05) is 6.04 Å². The Bertz CT molecular complexity index is 521. The van der Waals surface area contributed by atoms with Gasteiger partial charge in [-0.05, 0) is 50.2 Å². The van der Waals surface area contributed by atoms with Gasteiger partial charge in [0.05, 0.1) is 0 Å². The number of fused-ring (bicyclic) bond motifs is 1. The summed E-state index contributed by atoms with van der Waals surface area (Å²) in [5.41, 5.74) is 3.01. The molecule has 2 N–H and O–H groups in total. The van der Waals surface area contributed by atoms with Crippen LogP contribution >= 0.6 is 0 Å². The first-order chi connectivity index (χ1) is 9.17. The van der Waals surface area contributed by atoms with Gasteiger partial charge in [-0.3, -0.25) is 0 Å². The van der Waals surface area contributed by atoms with Crippen molar-refractivity contribution in [2.75, 3.05) is 20.6 Å². The Morgan fingerprint density at radius 1 is 1.26 bits per heavy atom. The molecule has 0 aliphatic carbocycles. The smallest absolute Gasteiger partial charge is 0.181 e. The van der Waals surface area contributed by atoms with Crippen molar-refractivity contribution in [3.63, 3.8) is 0 Å². The van der Waals surface area contributed by atoms with Crippen molar-refractivity contribution in [2.24, 2.45) is 11.8 Å². The van der Waals surface area contributed by atoms with Gasteiger partial charge < -0.3 is 15.1 Å². The summed E-state index contributed by atoms with van der Waals surface area (Å²) in [6.45, 7) is 5.51. The van der Waals surface area contributed by atoms with Gasteiger partial charge in [-0.2, -0.15) is 0 Å². The molecule has 0 amide bonds. The highest BCUT2D eigenvalue weighted by molar-refractivity contribution is 5.72. The van der Waals surface area contributed by atoms with E-state index in [-0.39, 0.29) is 0 Å². The predicted octanol–water partition coefficient (Wildman–Crippen LogP) is 2.58. The molecule has 4 nitrogen and oxygen atoms in total. The zero-order valence-electron chi connectivity index (χ0n) is 12.1. The van der Waals surface area contributed by atoms with Gasteiger partial charge in [0.1, 0.15) is 5.52 Å². The molecule has 2 atom stereocenters. The Morgan fingerprint density at radius 2 is 2.05 bits per heavy atom. The van der Waals surface area contributed by atoms with Crippen LogP contribution in [0.4, 0.5) is 0 Å². The maximum atomic E-state index is 5.40. The summed E-state index contributed by atoms with van der Waals surface area (Å²) in [5, 5.41) is 6.73. The van der Waals surface area contributed by atoms with Crippen LogP contribution in [0.15, 0.2) is 29.0 Å². The minimum Gasteiger partial charge on any atom is -0.443 e. The summed E-state index contributed by atoms with van der Waals surface area (Å²) in [4.78, 5) is 4.16. The molecule has 104 valence electrons. The third kappa shape index (κ3) is 2.96. The molecule has 2 rings (SSSR count). The molecule has 2 aromatic rings. The molecule has 0 aliphatic heterocycles. The molecule has 0 saturated heterocycles. The van der Waals surface area contributed by atoms with Gasteiger partial charge in [0.25, 0.3) is 0 Å². The predicted molar refractivity (Wildman–Crippen MR) is 78.1 cm³/mol. The lowest BCUT2D eigenvalue weighted by Crippen LogP contribution is -2.35. The average Bonchev–Trinajstić information content (AvgIpc) is 2.85. The number of nitrogens with zero attached hydrogens (tertiary/aromatic N) is 1. The van der Waals surface area contributed by atoms with Crippen LogP contribution in [0.2, 0.25) is 0 Å². The van der Waals surface area contributed by atoms with E-state index in [4.69, 9.17) is 4.42 Å². The number of benzene rings is 1. The molecule has 0 fully saturated rings. The average molecular weight is 261 g/mol. The monoisotopic (exact) mass is 261 g/mol. The highest BCUT2D eigenvalue weighted by Crippen LogP contribution is 2.29. The van der Waals surface area contributed by atoms with Gasteiger partial charge in [0.15, 0.2) is 12.0 Å². The van der Waals surface area contributed by atoms with Crippen LogP contribution in [0.25, 0.3) is 11.1 Å². The first-order valence-electron chi connectivity index (χ1n) is 6.82. The normalized spacial score (nSPS) is 15.0. The quantitative estimate of drug-likeness (QED) is 0.839. The molecule has 1 aromatic heterocycles. The number of rotatable bonds is 6. The number of aromatic nitrogens is 1. The Kier molecular flexibility index (Phi) is 4.56. The van der Waals surface area contributed by atoms with Crippen LogP contribution in [0.5, 0.6) is 0 Å². The topological polar surface area (TPSA) is 50.1 Å². The molecule has 0 spiro atoms. The van der Waals surface area contributed by atoms with Crippen LogP contribution in [-0.2, 0) is 0 Å². The lowest BCUT2D eigenvalue weighted by Gasteiger charge is -2.30.